The van der Waals surface area contributed by atoms with Crippen LogP contribution >= 0.6 is 0 Å². The molecule has 54 valence electrons. The van der Waals surface area contributed by atoms with Crippen LogP contribution in [0.25, 0.3) is 0 Å². The van der Waals surface area contributed by atoms with Gasteiger partial charge in [0.15, 0.2) is 20.4 Å². The second-order valence-corrected chi connectivity index (χ2v) is 1.07. The van der Waals surface area contributed by atoms with E-state index in [1.807, 2.05) is 0 Å². The van der Waals surface area contributed by atoms with Gasteiger partial charge in [0.05, 0.1) is 0 Å². The summed E-state index contributed by atoms with van der Waals surface area (Å²) in [7, 11) is 0. The molecule has 0 aromatic heterocycles. The van der Waals surface area contributed by atoms with E-state index in [-0.39, 0.29) is 6.47 Å². The molecule has 1 heterocycles. The van der Waals surface area contributed by atoms with Gasteiger partial charge in [-0.2, -0.15) is 0 Å². The molecular formula is C4H8O5. The van der Waals surface area contributed by atoms with Crippen LogP contribution in [0.2, 0.25) is 0 Å². The first-order chi connectivity index (χ1) is 4.41. The van der Waals surface area contributed by atoms with Gasteiger partial charge in [-0.05, 0) is 0 Å². The van der Waals surface area contributed by atoms with Gasteiger partial charge in [-0.25, -0.2) is 0 Å². The normalized spacial score (nSPS) is 17.3. The van der Waals surface area contributed by atoms with Gasteiger partial charge < -0.3 is 19.3 Å². The SMILES string of the molecule is C1OCOCO1.O=CO. The number of hydrogen-bond donors (Lipinski definition) is 1. The summed E-state index contributed by atoms with van der Waals surface area (Å²) in [6, 6.07) is 0. The second kappa shape index (κ2) is 7.35. The van der Waals surface area contributed by atoms with E-state index < -0.39 is 0 Å². The summed E-state index contributed by atoms with van der Waals surface area (Å²) in [5.74, 6) is 0. The maximum absolute atomic E-state index is 8.36. The summed E-state index contributed by atoms with van der Waals surface area (Å²) in [5, 5.41) is 6.89. The van der Waals surface area contributed by atoms with Crippen LogP contribution in [0.5, 0.6) is 0 Å². The molecule has 0 unspecified atom stereocenters. The Morgan fingerprint density at radius 3 is 1.44 bits per heavy atom. The maximum Gasteiger partial charge on any atom is 0.290 e. The van der Waals surface area contributed by atoms with Crippen LogP contribution < -0.4 is 0 Å². The molecule has 0 spiro atoms. The molecule has 9 heavy (non-hydrogen) atoms. The van der Waals surface area contributed by atoms with Gasteiger partial charge in [-0.1, -0.05) is 0 Å². The lowest BCUT2D eigenvalue weighted by Crippen LogP contribution is -2.14. The molecule has 0 amide bonds. The summed E-state index contributed by atoms with van der Waals surface area (Å²) in [6.07, 6.45) is 0. The van der Waals surface area contributed by atoms with E-state index in [9.17, 15) is 0 Å². The molecule has 1 rings (SSSR count). The van der Waals surface area contributed by atoms with Crippen LogP contribution in [0.15, 0.2) is 0 Å². The minimum Gasteiger partial charge on any atom is -0.483 e. The Labute approximate surface area is 52.1 Å². The molecule has 1 aliphatic heterocycles. The number of ether oxygens (including phenoxy) is 3. The molecule has 5 heteroatoms. The average Bonchev–Trinajstić information content (AvgIpc) is 1.93. The second-order valence-electron chi connectivity index (χ2n) is 1.07. The topological polar surface area (TPSA) is 65.0 Å². The third-order valence-electron chi connectivity index (χ3n) is 0.500. The van der Waals surface area contributed by atoms with Crippen LogP contribution in [0, 0.1) is 0 Å². The van der Waals surface area contributed by atoms with E-state index in [4.69, 9.17) is 9.90 Å². The summed E-state index contributed by atoms with van der Waals surface area (Å²) in [6.45, 7) is 0.875. The zero-order valence-corrected chi connectivity index (χ0v) is 4.78. The van der Waals surface area contributed by atoms with Gasteiger partial charge in [-0.15, -0.1) is 0 Å². The largest absolute Gasteiger partial charge is 0.483 e. The van der Waals surface area contributed by atoms with Crippen LogP contribution in [-0.2, 0) is 19.0 Å². The standard InChI is InChI=1S/C3H6O3.CH2O2/c1-4-2-6-3-5-1;2-1-3/h1-3H2;1H,(H,2,3). The zero-order chi connectivity index (χ0) is 6.95. The summed E-state index contributed by atoms with van der Waals surface area (Å²) < 4.78 is 13.9. The monoisotopic (exact) mass is 136 g/mol. The van der Waals surface area contributed by atoms with Crippen molar-refractivity contribution in [2.45, 2.75) is 0 Å². The van der Waals surface area contributed by atoms with Gasteiger partial charge in [-0.3, -0.25) is 4.79 Å². The van der Waals surface area contributed by atoms with Crippen molar-refractivity contribution in [3.8, 4) is 0 Å². The number of carbonyl (C=O) groups is 1. The Hall–Kier alpha value is -0.650. The quantitative estimate of drug-likeness (QED) is 0.460. The molecule has 1 saturated heterocycles. The predicted molar refractivity (Wildman–Crippen MR) is 26.5 cm³/mol. The first-order valence-corrected chi connectivity index (χ1v) is 2.23. The van der Waals surface area contributed by atoms with Crippen molar-refractivity contribution in [3.05, 3.63) is 0 Å². The minimum atomic E-state index is -0.250. The van der Waals surface area contributed by atoms with Crippen molar-refractivity contribution >= 4 is 6.47 Å². The smallest absolute Gasteiger partial charge is 0.290 e. The van der Waals surface area contributed by atoms with Crippen molar-refractivity contribution in [2.75, 3.05) is 20.4 Å². The van der Waals surface area contributed by atoms with E-state index >= 15 is 0 Å². The van der Waals surface area contributed by atoms with Crippen molar-refractivity contribution in [3.63, 3.8) is 0 Å². The molecule has 1 N–H and O–H groups in total. The fourth-order valence-electron chi connectivity index (χ4n) is 0.279. The molecule has 1 fully saturated rings. The van der Waals surface area contributed by atoms with E-state index in [2.05, 4.69) is 14.2 Å². The van der Waals surface area contributed by atoms with E-state index in [0.717, 1.165) is 0 Å². The van der Waals surface area contributed by atoms with Gasteiger partial charge in [0, 0.05) is 0 Å². The van der Waals surface area contributed by atoms with Gasteiger partial charge in [0.1, 0.15) is 0 Å². The van der Waals surface area contributed by atoms with Gasteiger partial charge in [0.25, 0.3) is 6.47 Å². The first-order valence-electron chi connectivity index (χ1n) is 2.23. The highest BCUT2D eigenvalue weighted by molar-refractivity contribution is 5.32. The number of hydrogen-bond acceptors (Lipinski definition) is 4. The maximum atomic E-state index is 8.36. The fourth-order valence-corrected chi connectivity index (χ4v) is 0.279. The molecule has 5 nitrogen and oxygen atoms in total. The lowest BCUT2D eigenvalue weighted by Gasteiger charge is -2.10. The lowest BCUT2D eigenvalue weighted by atomic mass is 11.2. The highest BCUT2D eigenvalue weighted by Crippen LogP contribution is 1.87. The van der Waals surface area contributed by atoms with Crippen LogP contribution in [0.4, 0.5) is 0 Å². The molecule has 0 aromatic rings. The molecule has 0 aliphatic carbocycles. The average molecular weight is 136 g/mol. The third-order valence-corrected chi connectivity index (χ3v) is 0.500. The molecule has 0 bridgehead atoms. The highest BCUT2D eigenvalue weighted by atomic mass is 16.8. The van der Waals surface area contributed by atoms with Crippen molar-refractivity contribution in [1.82, 2.24) is 0 Å². The zero-order valence-electron chi connectivity index (χ0n) is 4.78. The molecule has 1 aliphatic rings. The Morgan fingerprint density at radius 1 is 1.11 bits per heavy atom. The Balaban J connectivity index is 0.000000187. The highest BCUT2D eigenvalue weighted by Gasteiger charge is 1.93. The van der Waals surface area contributed by atoms with Crippen LogP contribution in [0.1, 0.15) is 0 Å². The lowest BCUT2D eigenvalue weighted by molar-refractivity contribution is -0.247. The fraction of sp³-hybridized carbons (Fsp3) is 0.750. The number of carboxylic acid groups (broad SMARTS) is 1. The summed E-state index contributed by atoms with van der Waals surface area (Å²) in [5.41, 5.74) is 0. The van der Waals surface area contributed by atoms with Gasteiger partial charge >= 0.3 is 0 Å². The van der Waals surface area contributed by atoms with Crippen molar-refractivity contribution < 1.29 is 24.1 Å². The predicted octanol–water partition coefficient (Wildman–Crippen LogP) is -0.377. The van der Waals surface area contributed by atoms with Crippen LogP contribution in [-0.4, -0.2) is 32.0 Å². The van der Waals surface area contributed by atoms with E-state index in [0.29, 0.717) is 20.4 Å². The molecule has 0 saturated carbocycles. The van der Waals surface area contributed by atoms with E-state index in [1.165, 1.54) is 0 Å². The molecule has 0 radical (unpaired) electrons. The van der Waals surface area contributed by atoms with Crippen molar-refractivity contribution in [1.29, 1.82) is 0 Å². The van der Waals surface area contributed by atoms with E-state index in [1.54, 1.807) is 0 Å². The summed E-state index contributed by atoms with van der Waals surface area (Å²) >= 11 is 0. The first kappa shape index (κ1) is 8.35. The molecular weight excluding hydrogens is 128 g/mol. The Bertz CT molecular complexity index is 48.5. The Kier molecular flexibility index (Phi) is 6.82. The molecule has 0 atom stereocenters. The number of rotatable bonds is 0. The Morgan fingerprint density at radius 2 is 1.33 bits per heavy atom. The van der Waals surface area contributed by atoms with Crippen molar-refractivity contribution in [2.24, 2.45) is 0 Å². The third kappa shape index (κ3) is 7.35. The minimum absolute atomic E-state index is 0.250. The van der Waals surface area contributed by atoms with Crippen LogP contribution in [0.3, 0.4) is 0 Å². The van der Waals surface area contributed by atoms with Gasteiger partial charge in [0.2, 0.25) is 0 Å². The summed E-state index contributed by atoms with van der Waals surface area (Å²) in [4.78, 5) is 8.36. The molecule has 0 aromatic carbocycles.